The van der Waals surface area contributed by atoms with Gasteiger partial charge in [0.15, 0.2) is 0 Å². The number of hydrogen-bond donors (Lipinski definition) is 1. The third kappa shape index (κ3) is 3.45. The number of carbonyl (C=O) groups is 1. The number of nitro groups is 1. The molecule has 2 aromatic rings. The zero-order valence-electron chi connectivity index (χ0n) is 11.9. The number of aryl methyl sites for hydroxylation is 1. The molecule has 0 bridgehead atoms. The summed E-state index contributed by atoms with van der Waals surface area (Å²) >= 11 is 0. The molecule has 21 heavy (non-hydrogen) atoms. The summed E-state index contributed by atoms with van der Waals surface area (Å²) in [5.41, 5.74) is 1.77. The Balaban J connectivity index is 2.22. The van der Waals surface area contributed by atoms with Gasteiger partial charge < -0.3 is 5.32 Å². The highest BCUT2D eigenvalue weighted by molar-refractivity contribution is 5.97. The van der Waals surface area contributed by atoms with Crippen LogP contribution in [-0.4, -0.2) is 10.8 Å². The second-order valence-corrected chi connectivity index (χ2v) is 4.90. The molecule has 5 heteroatoms. The lowest BCUT2D eigenvalue weighted by Gasteiger charge is -2.12. The van der Waals surface area contributed by atoms with Crippen LogP contribution in [0.2, 0.25) is 0 Å². The average Bonchev–Trinajstić information content (AvgIpc) is 2.49. The van der Waals surface area contributed by atoms with Crippen molar-refractivity contribution in [2.24, 2.45) is 0 Å². The molecule has 0 saturated heterocycles. The standard InChI is InChI=1S/C16H16N2O3/c1-11-8-9-14(15(10-11)18(20)21)17-16(19)12(2)13-6-4-3-5-7-13/h3-10,12H,1-2H3,(H,17,19). The van der Waals surface area contributed by atoms with Crippen LogP contribution >= 0.6 is 0 Å². The molecule has 2 rings (SSSR count). The summed E-state index contributed by atoms with van der Waals surface area (Å²) in [6, 6.07) is 14.0. The lowest BCUT2D eigenvalue weighted by molar-refractivity contribution is -0.384. The third-order valence-corrected chi connectivity index (χ3v) is 3.30. The Kier molecular flexibility index (Phi) is 4.33. The first-order valence-corrected chi connectivity index (χ1v) is 6.60. The monoisotopic (exact) mass is 284 g/mol. The molecule has 0 fully saturated rings. The normalized spacial score (nSPS) is 11.7. The number of hydrogen-bond acceptors (Lipinski definition) is 3. The van der Waals surface area contributed by atoms with Crippen LogP contribution in [0, 0.1) is 17.0 Å². The molecule has 5 nitrogen and oxygen atoms in total. The topological polar surface area (TPSA) is 72.2 Å². The molecule has 0 aliphatic rings. The first-order chi connectivity index (χ1) is 9.99. The van der Waals surface area contributed by atoms with Gasteiger partial charge in [0.05, 0.1) is 10.8 Å². The van der Waals surface area contributed by atoms with Crippen molar-refractivity contribution in [2.45, 2.75) is 19.8 Å². The number of benzene rings is 2. The molecule has 0 radical (unpaired) electrons. The van der Waals surface area contributed by atoms with E-state index in [2.05, 4.69) is 5.32 Å². The number of nitrogens with one attached hydrogen (secondary N) is 1. The Bertz CT molecular complexity index is 668. The molecule has 0 aromatic heterocycles. The van der Waals surface area contributed by atoms with E-state index < -0.39 is 4.92 Å². The smallest absolute Gasteiger partial charge is 0.293 e. The lowest BCUT2D eigenvalue weighted by atomic mass is 10.0. The molecule has 0 saturated carbocycles. The second kappa shape index (κ2) is 6.17. The van der Waals surface area contributed by atoms with E-state index in [4.69, 9.17) is 0 Å². The summed E-state index contributed by atoms with van der Waals surface area (Å²) < 4.78 is 0. The van der Waals surface area contributed by atoms with Crippen LogP contribution in [0.4, 0.5) is 11.4 Å². The average molecular weight is 284 g/mol. The van der Waals surface area contributed by atoms with Crippen LogP contribution in [0.25, 0.3) is 0 Å². The quantitative estimate of drug-likeness (QED) is 0.688. The van der Waals surface area contributed by atoms with Crippen LogP contribution in [0.5, 0.6) is 0 Å². The maximum Gasteiger partial charge on any atom is 0.293 e. The fourth-order valence-electron chi connectivity index (χ4n) is 2.03. The highest BCUT2D eigenvalue weighted by Crippen LogP contribution is 2.27. The Labute approximate surface area is 122 Å². The first kappa shape index (κ1) is 14.7. The van der Waals surface area contributed by atoms with Crippen LogP contribution in [0.1, 0.15) is 24.0 Å². The van der Waals surface area contributed by atoms with E-state index in [1.807, 2.05) is 30.3 Å². The van der Waals surface area contributed by atoms with Gasteiger partial charge in [-0.25, -0.2) is 0 Å². The van der Waals surface area contributed by atoms with Crippen molar-refractivity contribution in [3.8, 4) is 0 Å². The molecular weight excluding hydrogens is 268 g/mol. The molecule has 1 atom stereocenters. The van der Waals surface area contributed by atoms with E-state index in [0.717, 1.165) is 11.1 Å². The largest absolute Gasteiger partial charge is 0.320 e. The molecule has 1 unspecified atom stereocenters. The van der Waals surface area contributed by atoms with Crippen molar-refractivity contribution in [3.05, 3.63) is 69.8 Å². The van der Waals surface area contributed by atoms with E-state index in [-0.39, 0.29) is 23.2 Å². The highest BCUT2D eigenvalue weighted by atomic mass is 16.6. The molecule has 1 amide bonds. The minimum absolute atomic E-state index is 0.0939. The van der Waals surface area contributed by atoms with E-state index in [9.17, 15) is 14.9 Å². The van der Waals surface area contributed by atoms with E-state index in [1.54, 1.807) is 26.0 Å². The lowest BCUT2D eigenvalue weighted by Crippen LogP contribution is -2.19. The van der Waals surface area contributed by atoms with Gasteiger partial charge in [0.25, 0.3) is 5.69 Å². The number of nitro benzene ring substituents is 1. The predicted octanol–water partition coefficient (Wildman–Crippen LogP) is 3.65. The van der Waals surface area contributed by atoms with Gasteiger partial charge in [-0.3, -0.25) is 14.9 Å². The summed E-state index contributed by atoms with van der Waals surface area (Å²) in [5.74, 6) is -0.653. The number of anilines is 1. The number of nitrogens with zero attached hydrogens (tertiary/aromatic N) is 1. The molecule has 0 aliphatic carbocycles. The van der Waals surface area contributed by atoms with Crippen LogP contribution in [-0.2, 0) is 4.79 Å². The van der Waals surface area contributed by atoms with Crippen molar-refractivity contribution < 1.29 is 9.72 Å². The highest BCUT2D eigenvalue weighted by Gasteiger charge is 2.20. The van der Waals surface area contributed by atoms with Crippen LogP contribution in [0.15, 0.2) is 48.5 Å². The summed E-state index contributed by atoms with van der Waals surface area (Å²) in [7, 11) is 0. The maximum absolute atomic E-state index is 12.2. The van der Waals surface area contributed by atoms with Crippen molar-refractivity contribution >= 4 is 17.3 Å². The summed E-state index contributed by atoms with van der Waals surface area (Å²) in [6.45, 7) is 3.54. The molecule has 0 spiro atoms. The van der Waals surface area contributed by atoms with E-state index >= 15 is 0 Å². The molecule has 1 N–H and O–H groups in total. The fraction of sp³-hybridized carbons (Fsp3) is 0.188. The molecule has 108 valence electrons. The number of amides is 1. The van der Waals surface area contributed by atoms with Crippen molar-refractivity contribution in [2.75, 3.05) is 5.32 Å². The van der Waals surface area contributed by atoms with Gasteiger partial charge in [0.2, 0.25) is 5.91 Å². The summed E-state index contributed by atoms with van der Waals surface area (Å²) in [4.78, 5) is 22.8. The first-order valence-electron chi connectivity index (χ1n) is 6.60. The van der Waals surface area contributed by atoms with E-state index in [0.29, 0.717) is 0 Å². The zero-order chi connectivity index (χ0) is 15.4. The Morgan fingerprint density at radius 3 is 2.48 bits per heavy atom. The fourth-order valence-corrected chi connectivity index (χ4v) is 2.03. The van der Waals surface area contributed by atoms with Gasteiger partial charge in [-0.2, -0.15) is 0 Å². The van der Waals surface area contributed by atoms with Crippen LogP contribution in [0.3, 0.4) is 0 Å². The van der Waals surface area contributed by atoms with Gasteiger partial charge in [-0.1, -0.05) is 36.4 Å². The van der Waals surface area contributed by atoms with Gasteiger partial charge in [0.1, 0.15) is 5.69 Å². The minimum atomic E-state index is -0.490. The molecule has 0 heterocycles. The second-order valence-electron chi connectivity index (χ2n) is 4.90. The predicted molar refractivity (Wildman–Crippen MR) is 81.3 cm³/mol. The number of carbonyl (C=O) groups excluding carboxylic acids is 1. The van der Waals surface area contributed by atoms with Gasteiger partial charge >= 0.3 is 0 Å². The van der Waals surface area contributed by atoms with Gasteiger partial charge in [-0.05, 0) is 31.0 Å². The summed E-state index contributed by atoms with van der Waals surface area (Å²) in [6.07, 6.45) is 0. The Hall–Kier alpha value is -2.69. The molecular formula is C16H16N2O3. The van der Waals surface area contributed by atoms with Gasteiger partial charge in [-0.15, -0.1) is 0 Å². The van der Waals surface area contributed by atoms with E-state index in [1.165, 1.54) is 6.07 Å². The van der Waals surface area contributed by atoms with Crippen LogP contribution < -0.4 is 5.32 Å². The third-order valence-electron chi connectivity index (χ3n) is 3.30. The number of rotatable bonds is 4. The Morgan fingerprint density at radius 1 is 1.19 bits per heavy atom. The minimum Gasteiger partial charge on any atom is -0.320 e. The SMILES string of the molecule is Cc1ccc(NC(=O)C(C)c2ccccc2)c([N+](=O)[O-])c1. The molecule has 2 aromatic carbocycles. The Morgan fingerprint density at radius 2 is 1.86 bits per heavy atom. The van der Waals surface area contributed by atoms with Crippen molar-refractivity contribution in [1.29, 1.82) is 0 Å². The zero-order valence-corrected chi connectivity index (χ0v) is 11.9. The molecule has 0 aliphatic heterocycles. The summed E-state index contributed by atoms with van der Waals surface area (Å²) in [5, 5.41) is 13.7. The van der Waals surface area contributed by atoms with Crippen molar-refractivity contribution in [1.82, 2.24) is 0 Å². The van der Waals surface area contributed by atoms with Gasteiger partial charge in [0, 0.05) is 6.07 Å². The maximum atomic E-state index is 12.2. The van der Waals surface area contributed by atoms with Crippen molar-refractivity contribution in [3.63, 3.8) is 0 Å².